The van der Waals surface area contributed by atoms with Crippen molar-refractivity contribution in [1.29, 1.82) is 0 Å². The second-order valence-electron chi connectivity index (χ2n) is 7.05. The van der Waals surface area contributed by atoms with Crippen LogP contribution in [0.2, 0.25) is 0 Å². The van der Waals surface area contributed by atoms with Crippen molar-refractivity contribution in [3.8, 4) is 0 Å². The number of piperidine rings is 1. The summed E-state index contributed by atoms with van der Waals surface area (Å²) in [5.41, 5.74) is 2.01. The molecule has 0 spiro atoms. The molecule has 1 saturated heterocycles. The lowest BCUT2D eigenvalue weighted by atomic mass is 9.91. The van der Waals surface area contributed by atoms with Crippen LogP contribution < -0.4 is 5.32 Å². The van der Waals surface area contributed by atoms with E-state index in [1.165, 1.54) is 32.1 Å². The van der Waals surface area contributed by atoms with Crippen LogP contribution in [0.1, 0.15) is 61.0 Å². The van der Waals surface area contributed by atoms with E-state index < -0.39 is 0 Å². The van der Waals surface area contributed by atoms with Gasteiger partial charge in [-0.3, -0.25) is 9.48 Å². The van der Waals surface area contributed by atoms with Crippen molar-refractivity contribution >= 4 is 5.91 Å². The number of hydrogen-bond acceptors (Lipinski definition) is 3. The Bertz CT molecular complexity index is 541. The lowest BCUT2D eigenvalue weighted by molar-refractivity contribution is 0.0695. The molecule has 2 aliphatic heterocycles. The molecule has 1 N–H and O–H groups in total. The average molecular weight is 302 g/mol. The van der Waals surface area contributed by atoms with E-state index in [1.54, 1.807) is 6.20 Å². The van der Waals surface area contributed by atoms with E-state index in [0.717, 1.165) is 56.2 Å². The fourth-order valence-electron chi connectivity index (χ4n) is 3.93. The highest BCUT2D eigenvalue weighted by Crippen LogP contribution is 2.23. The first-order valence-electron chi connectivity index (χ1n) is 8.91. The molecule has 120 valence electrons. The van der Waals surface area contributed by atoms with Gasteiger partial charge in [0.15, 0.2) is 0 Å². The number of fused-ring (bicyclic) bond motifs is 1. The summed E-state index contributed by atoms with van der Waals surface area (Å²) < 4.78 is 2.03. The number of aromatic nitrogens is 2. The molecule has 2 fully saturated rings. The Morgan fingerprint density at radius 3 is 2.55 bits per heavy atom. The van der Waals surface area contributed by atoms with Crippen molar-refractivity contribution in [2.45, 2.75) is 70.0 Å². The molecule has 5 heteroatoms. The minimum absolute atomic E-state index is 0.199. The van der Waals surface area contributed by atoms with Crippen LogP contribution in [0.25, 0.3) is 0 Å². The third-order valence-corrected chi connectivity index (χ3v) is 5.57. The van der Waals surface area contributed by atoms with Crippen LogP contribution in [-0.4, -0.2) is 45.8 Å². The van der Waals surface area contributed by atoms with Crippen LogP contribution >= 0.6 is 0 Å². The monoisotopic (exact) mass is 302 g/mol. The zero-order chi connectivity index (χ0) is 14.9. The van der Waals surface area contributed by atoms with E-state index >= 15 is 0 Å². The molecule has 22 heavy (non-hydrogen) atoms. The Labute approximate surface area is 132 Å². The largest absolute Gasteiger partial charge is 0.338 e. The Morgan fingerprint density at radius 1 is 1.05 bits per heavy atom. The summed E-state index contributed by atoms with van der Waals surface area (Å²) in [6, 6.07) is 1.35. The van der Waals surface area contributed by atoms with Crippen molar-refractivity contribution in [2.75, 3.05) is 13.1 Å². The third-order valence-electron chi connectivity index (χ3n) is 5.57. The molecule has 0 bridgehead atoms. The fraction of sp³-hybridized carbons (Fsp3) is 0.765. The number of hydrogen-bond donors (Lipinski definition) is 1. The SMILES string of the molecule is O=C(c1cnn2c1CCCC2)N1CCC(NC2CCC2)CC1. The molecule has 1 aromatic heterocycles. The Hall–Kier alpha value is -1.36. The third kappa shape index (κ3) is 2.67. The highest BCUT2D eigenvalue weighted by molar-refractivity contribution is 5.95. The van der Waals surface area contributed by atoms with Gasteiger partial charge in [-0.15, -0.1) is 0 Å². The van der Waals surface area contributed by atoms with Gasteiger partial charge in [-0.2, -0.15) is 5.10 Å². The molecular weight excluding hydrogens is 276 g/mol. The Morgan fingerprint density at radius 2 is 1.82 bits per heavy atom. The van der Waals surface area contributed by atoms with Crippen LogP contribution in [0, 0.1) is 0 Å². The van der Waals surface area contributed by atoms with E-state index in [4.69, 9.17) is 0 Å². The van der Waals surface area contributed by atoms with Crippen LogP contribution in [-0.2, 0) is 13.0 Å². The van der Waals surface area contributed by atoms with Crippen molar-refractivity contribution in [1.82, 2.24) is 20.0 Å². The predicted molar refractivity (Wildman–Crippen MR) is 84.9 cm³/mol. The van der Waals surface area contributed by atoms with Gasteiger partial charge in [0.25, 0.3) is 5.91 Å². The van der Waals surface area contributed by atoms with Crippen LogP contribution in [0.4, 0.5) is 0 Å². The van der Waals surface area contributed by atoms with Crippen molar-refractivity contribution in [3.63, 3.8) is 0 Å². The second kappa shape index (κ2) is 6.03. The fourth-order valence-corrected chi connectivity index (χ4v) is 3.93. The number of rotatable bonds is 3. The average Bonchev–Trinajstić information content (AvgIpc) is 2.95. The van der Waals surface area contributed by atoms with Crippen LogP contribution in [0.5, 0.6) is 0 Å². The summed E-state index contributed by atoms with van der Waals surface area (Å²) in [6.07, 6.45) is 11.4. The quantitative estimate of drug-likeness (QED) is 0.928. The Kier molecular flexibility index (Phi) is 3.90. The van der Waals surface area contributed by atoms with Gasteiger partial charge in [-0.25, -0.2) is 0 Å². The van der Waals surface area contributed by atoms with E-state index in [0.29, 0.717) is 6.04 Å². The normalized spacial score (nSPS) is 23.2. The maximum Gasteiger partial charge on any atom is 0.257 e. The summed E-state index contributed by atoms with van der Waals surface area (Å²) in [5.74, 6) is 0.199. The lowest BCUT2D eigenvalue weighted by Crippen LogP contribution is -2.49. The van der Waals surface area contributed by atoms with Crippen molar-refractivity contribution < 1.29 is 4.79 Å². The number of carbonyl (C=O) groups is 1. The highest BCUT2D eigenvalue weighted by atomic mass is 16.2. The van der Waals surface area contributed by atoms with E-state index in [1.807, 2.05) is 9.58 Å². The molecule has 3 heterocycles. The second-order valence-corrected chi connectivity index (χ2v) is 7.05. The van der Waals surface area contributed by atoms with Crippen molar-refractivity contribution in [2.24, 2.45) is 0 Å². The molecule has 3 aliphatic rings. The molecule has 0 radical (unpaired) electrons. The number of nitrogens with zero attached hydrogens (tertiary/aromatic N) is 3. The van der Waals surface area contributed by atoms with Gasteiger partial charge in [-0.1, -0.05) is 6.42 Å². The minimum Gasteiger partial charge on any atom is -0.338 e. The van der Waals surface area contributed by atoms with E-state index in [2.05, 4.69) is 10.4 Å². The molecule has 1 amide bonds. The zero-order valence-corrected chi connectivity index (χ0v) is 13.3. The number of amides is 1. The minimum atomic E-state index is 0.199. The molecular formula is C17H26N4O. The van der Waals surface area contributed by atoms with Gasteiger partial charge in [-0.05, 0) is 44.9 Å². The molecule has 0 aromatic carbocycles. The van der Waals surface area contributed by atoms with Gasteiger partial charge in [0, 0.05) is 31.7 Å². The first-order chi connectivity index (χ1) is 10.8. The first kappa shape index (κ1) is 14.2. The van der Waals surface area contributed by atoms with Gasteiger partial charge in [0.2, 0.25) is 0 Å². The lowest BCUT2D eigenvalue weighted by Gasteiger charge is -2.37. The van der Waals surface area contributed by atoms with E-state index in [9.17, 15) is 4.79 Å². The molecule has 1 saturated carbocycles. The predicted octanol–water partition coefficient (Wildman–Crippen LogP) is 1.97. The smallest absolute Gasteiger partial charge is 0.257 e. The maximum absolute atomic E-state index is 12.8. The highest BCUT2D eigenvalue weighted by Gasteiger charge is 2.29. The van der Waals surface area contributed by atoms with Crippen molar-refractivity contribution in [3.05, 3.63) is 17.5 Å². The van der Waals surface area contributed by atoms with Gasteiger partial charge in [0.1, 0.15) is 0 Å². The molecule has 0 atom stereocenters. The summed E-state index contributed by atoms with van der Waals surface area (Å²) >= 11 is 0. The number of carbonyl (C=O) groups excluding carboxylic acids is 1. The maximum atomic E-state index is 12.8. The summed E-state index contributed by atoms with van der Waals surface area (Å²) in [5, 5.41) is 8.15. The summed E-state index contributed by atoms with van der Waals surface area (Å²) in [6.45, 7) is 2.73. The number of aryl methyl sites for hydroxylation is 1. The molecule has 4 rings (SSSR count). The van der Waals surface area contributed by atoms with Gasteiger partial charge < -0.3 is 10.2 Å². The Balaban J connectivity index is 1.36. The molecule has 0 unspecified atom stereocenters. The number of likely N-dealkylation sites (tertiary alicyclic amines) is 1. The summed E-state index contributed by atoms with van der Waals surface area (Å²) in [4.78, 5) is 14.8. The van der Waals surface area contributed by atoms with E-state index in [-0.39, 0.29) is 5.91 Å². The van der Waals surface area contributed by atoms with Gasteiger partial charge >= 0.3 is 0 Å². The molecule has 5 nitrogen and oxygen atoms in total. The van der Waals surface area contributed by atoms with Crippen LogP contribution in [0.15, 0.2) is 6.20 Å². The summed E-state index contributed by atoms with van der Waals surface area (Å²) in [7, 11) is 0. The van der Waals surface area contributed by atoms with Crippen LogP contribution in [0.3, 0.4) is 0 Å². The van der Waals surface area contributed by atoms with Gasteiger partial charge in [0.05, 0.1) is 17.5 Å². The topological polar surface area (TPSA) is 50.2 Å². The standard InChI is InChI=1S/C17H26N4O/c22-17(15-12-18-21-9-2-1-6-16(15)21)20-10-7-14(8-11-20)19-13-4-3-5-13/h12-14,19H,1-11H2. The molecule has 1 aromatic rings. The first-order valence-corrected chi connectivity index (χ1v) is 8.91. The molecule has 1 aliphatic carbocycles. The number of nitrogens with one attached hydrogen (secondary N) is 1. The zero-order valence-electron chi connectivity index (χ0n) is 13.3.